The number of rotatable bonds is 5. The highest BCUT2D eigenvalue weighted by molar-refractivity contribution is 8.00. The van der Waals surface area contributed by atoms with Crippen LogP contribution in [0.25, 0.3) is 11.2 Å². The molecule has 118 valence electrons. The zero-order valence-electron chi connectivity index (χ0n) is 12.6. The van der Waals surface area contributed by atoms with Crippen LogP contribution in [-0.4, -0.2) is 43.7 Å². The average molecular weight is 330 g/mol. The summed E-state index contributed by atoms with van der Waals surface area (Å²) >= 11 is 1.29. The van der Waals surface area contributed by atoms with Gasteiger partial charge in [0.15, 0.2) is 11.2 Å². The van der Waals surface area contributed by atoms with Crippen molar-refractivity contribution in [2.24, 2.45) is 7.05 Å². The maximum absolute atomic E-state index is 12.0. The molecule has 9 heteroatoms. The van der Waals surface area contributed by atoms with Crippen LogP contribution in [0, 0.1) is 0 Å². The molecule has 0 atom stereocenters. The van der Waals surface area contributed by atoms with Gasteiger partial charge in [0.25, 0.3) is 0 Å². The van der Waals surface area contributed by atoms with Crippen LogP contribution in [-0.2, 0) is 11.8 Å². The summed E-state index contributed by atoms with van der Waals surface area (Å²) in [5.74, 6) is 0.827. The molecule has 0 radical (unpaired) electrons. The van der Waals surface area contributed by atoms with Crippen molar-refractivity contribution in [3.63, 3.8) is 0 Å². The highest BCUT2D eigenvalue weighted by atomic mass is 32.2. The van der Waals surface area contributed by atoms with Crippen molar-refractivity contribution in [2.75, 3.05) is 18.2 Å². The number of ether oxygens (including phenoxy) is 1. The topological polar surface area (TPSA) is 94.8 Å². The number of amides is 1. The molecule has 2 aromatic heterocycles. The van der Waals surface area contributed by atoms with Crippen molar-refractivity contribution < 1.29 is 9.53 Å². The van der Waals surface area contributed by atoms with Crippen molar-refractivity contribution in [2.45, 2.75) is 5.03 Å². The number of carbonyl (C=O) groups is 1. The Morgan fingerprint density at radius 3 is 2.83 bits per heavy atom. The summed E-state index contributed by atoms with van der Waals surface area (Å²) in [6, 6.07) is 7.15. The minimum Gasteiger partial charge on any atom is -0.497 e. The zero-order chi connectivity index (χ0) is 16.2. The first-order chi connectivity index (χ1) is 11.2. The molecule has 3 aromatic rings. The first-order valence-electron chi connectivity index (χ1n) is 6.74. The molecule has 0 aliphatic rings. The van der Waals surface area contributed by atoms with Crippen molar-refractivity contribution >= 4 is 34.5 Å². The first-order valence-corrected chi connectivity index (χ1v) is 7.73. The van der Waals surface area contributed by atoms with E-state index >= 15 is 0 Å². The van der Waals surface area contributed by atoms with Gasteiger partial charge in [0, 0.05) is 12.7 Å². The van der Waals surface area contributed by atoms with E-state index in [1.54, 1.807) is 43.1 Å². The van der Waals surface area contributed by atoms with Gasteiger partial charge in [0.05, 0.1) is 12.9 Å². The second-order valence-electron chi connectivity index (χ2n) is 4.63. The van der Waals surface area contributed by atoms with E-state index < -0.39 is 0 Å². The number of aryl methyl sites for hydroxylation is 1. The Balaban J connectivity index is 1.63. The van der Waals surface area contributed by atoms with Gasteiger partial charge in [-0.3, -0.25) is 4.79 Å². The van der Waals surface area contributed by atoms with Crippen LogP contribution in [0.2, 0.25) is 0 Å². The van der Waals surface area contributed by atoms with Gasteiger partial charge in [-0.05, 0) is 24.3 Å². The number of nitrogens with zero attached hydrogens (tertiary/aromatic N) is 5. The Labute approximate surface area is 136 Å². The van der Waals surface area contributed by atoms with Gasteiger partial charge in [0.2, 0.25) is 5.91 Å². The van der Waals surface area contributed by atoms with E-state index in [4.69, 9.17) is 4.74 Å². The molecule has 1 amide bonds. The number of anilines is 1. The van der Waals surface area contributed by atoms with Crippen molar-refractivity contribution in [1.82, 2.24) is 25.0 Å². The molecule has 0 aliphatic carbocycles. The molecular weight excluding hydrogens is 316 g/mol. The van der Waals surface area contributed by atoms with E-state index in [1.807, 2.05) is 0 Å². The molecule has 0 saturated heterocycles. The fourth-order valence-electron chi connectivity index (χ4n) is 1.94. The van der Waals surface area contributed by atoms with Crippen molar-refractivity contribution in [3.05, 3.63) is 30.6 Å². The molecule has 8 nitrogen and oxygen atoms in total. The summed E-state index contributed by atoms with van der Waals surface area (Å²) in [7, 11) is 3.35. The number of benzene rings is 1. The quantitative estimate of drug-likeness (QED) is 0.559. The third kappa shape index (κ3) is 3.39. The van der Waals surface area contributed by atoms with Crippen LogP contribution >= 0.6 is 11.8 Å². The number of aromatic nitrogens is 5. The monoisotopic (exact) mass is 330 g/mol. The lowest BCUT2D eigenvalue weighted by atomic mass is 10.3. The second kappa shape index (κ2) is 6.61. The van der Waals surface area contributed by atoms with E-state index in [1.165, 1.54) is 18.1 Å². The van der Waals surface area contributed by atoms with Gasteiger partial charge in [-0.2, -0.15) is 0 Å². The number of nitrogens with one attached hydrogen (secondary N) is 1. The predicted octanol–water partition coefficient (Wildman–Crippen LogP) is 1.50. The number of hydrogen-bond acceptors (Lipinski definition) is 7. The molecule has 1 aromatic carbocycles. The van der Waals surface area contributed by atoms with Gasteiger partial charge in [-0.1, -0.05) is 17.0 Å². The summed E-state index contributed by atoms with van der Waals surface area (Å²) in [5.41, 5.74) is 1.94. The minimum atomic E-state index is -0.129. The Bertz CT molecular complexity index is 833. The molecule has 3 rings (SSSR count). The summed E-state index contributed by atoms with van der Waals surface area (Å²) in [4.78, 5) is 20.3. The smallest absolute Gasteiger partial charge is 0.234 e. The fourth-order valence-corrected chi connectivity index (χ4v) is 2.67. The molecule has 0 bridgehead atoms. The molecule has 0 saturated carbocycles. The molecule has 1 N–H and O–H groups in total. The lowest BCUT2D eigenvalue weighted by molar-refractivity contribution is -0.113. The van der Waals surface area contributed by atoms with Gasteiger partial charge in [-0.25, -0.2) is 14.6 Å². The Hall–Kier alpha value is -2.68. The third-order valence-electron chi connectivity index (χ3n) is 3.07. The first kappa shape index (κ1) is 15.2. The Morgan fingerprint density at radius 2 is 2.09 bits per heavy atom. The molecule has 0 unspecified atom stereocenters. The summed E-state index contributed by atoms with van der Waals surface area (Å²) in [6.07, 6.45) is 1.44. The number of hydrogen-bond donors (Lipinski definition) is 1. The van der Waals surface area contributed by atoms with Gasteiger partial charge >= 0.3 is 0 Å². The fraction of sp³-hybridized carbons (Fsp3) is 0.214. The molecule has 0 aliphatic heterocycles. The van der Waals surface area contributed by atoms with E-state index in [9.17, 15) is 4.79 Å². The lowest BCUT2D eigenvalue weighted by Crippen LogP contribution is -2.14. The summed E-state index contributed by atoms with van der Waals surface area (Å²) in [5, 5.41) is 11.4. The molecule has 0 spiro atoms. The maximum atomic E-state index is 12.0. The van der Waals surface area contributed by atoms with Crippen LogP contribution in [0.1, 0.15) is 0 Å². The van der Waals surface area contributed by atoms with Gasteiger partial charge in [-0.15, -0.1) is 5.10 Å². The Morgan fingerprint density at radius 1 is 1.30 bits per heavy atom. The SMILES string of the molecule is COc1ccc(NC(=O)CSc2ncnc3c2nnn3C)cc1. The average Bonchev–Trinajstić information content (AvgIpc) is 2.96. The molecular formula is C14H14N6O2S. The Kier molecular flexibility index (Phi) is 4.38. The zero-order valence-corrected chi connectivity index (χ0v) is 13.4. The number of fused-ring (bicyclic) bond motifs is 1. The maximum Gasteiger partial charge on any atom is 0.234 e. The van der Waals surface area contributed by atoms with E-state index in [0.29, 0.717) is 21.9 Å². The highest BCUT2D eigenvalue weighted by Crippen LogP contribution is 2.22. The number of thioether (sulfide) groups is 1. The second-order valence-corrected chi connectivity index (χ2v) is 5.59. The molecule has 0 fully saturated rings. The summed E-state index contributed by atoms with van der Waals surface area (Å²) < 4.78 is 6.64. The van der Waals surface area contributed by atoms with Crippen LogP contribution in [0.4, 0.5) is 5.69 Å². The van der Waals surface area contributed by atoms with Crippen LogP contribution in [0.15, 0.2) is 35.6 Å². The van der Waals surface area contributed by atoms with Gasteiger partial charge < -0.3 is 10.1 Å². The lowest BCUT2D eigenvalue weighted by Gasteiger charge is -2.06. The standard InChI is InChI=1S/C14H14N6O2S/c1-20-13-12(18-19-20)14(16-8-15-13)23-7-11(21)17-9-3-5-10(22-2)6-4-9/h3-6,8H,7H2,1-2H3,(H,17,21). The van der Waals surface area contributed by atoms with E-state index in [0.717, 1.165) is 5.75 Å². The van der Waals surface area contributed by atoms with Crippen LogP contribution in [0.3, 0.4) is 0 Å². The van der Waals surface area contributed by atoms with Crippen molar-refractivity contribution in [1.29, 1.82) is 0 Å². The van der Waals surface area contributed by atoms with Crippen molar-refractivity contribution in [3.8, 4) is 5.75 Å². The minimum absolute atomic E-state index is 0.129. The van der Waals surface area contributed by atoms with E-state index in [-0.39, 0.29) is 11.7 Å². The van der Waals surface area contributed by atoms with Gasteiger partial charge in [0.1, 0.15) is 17.1 Å². The van der Waals surface area contributed by atoms with Crippen LogP contribution in [0.5, 0.6) is 5.75 Å². The molecule has 23 heavy (non-hydrogen) atoms. The van der Waals surface area contributed by atoms with Crippen LogP contribution < -0.4 is 10.1 Å². The normalized spacial score (nSPS) is 10.7. The highest BCUT2D eigenvalue weighted by Gasteiger charge is 2.12. The summed E-state index contributed by atoms with van der Waals surface area (Å²) in [6.45, 7) is 0. The third-order valence-corrected chi connectivity index (χ3v) is 4.05. The number of methoxy groups -OCH3 is 1. The predicted molar refractivity (Wildman–Crippen MR) is 86.4 cm³/mol. The largest absolute Gasteiger partial charge is 0.497 e. The number of carbonyl (C=O) groups excluding carboxylic acids is 1. The van der Waals surface area contributed by atoms with E-state index in [2.05, 4.69) is 25.6 Å². The molecule has 2 heterocycles.